The summed E-state index contributed by atoms with van der Waals surface area (Å²) < 4.78 is 7.04. The van der Waals surface area contributed by atoms with Crippen molar-refractivity contribution in [3.05, 3.63) is 33.4 Å². The average molecular weight is 317 g/mol. The molecule has 1 aromatic carbocycles. The zero-order chi connectivity index (χ0) is 10.7. The maximum Gasteiger partial charge on any atom is 0.0720 e. The van der Waals surface area contributed by atoms with E-state index >= 15 is 0 Å². The van der Waals surface area contributed by atoms with E-state index in [2.05, 4.69) is 46.9 Å². The summed E-state index contributed by atoms with van der Waals surface area (Å²) >= 11 is 2.31. The van der Waals surface area contributed by atoms with Crippen LogP contribution in [0.3, 0.4) is 0 Å². The minimum absolute atomic E-state index is 0.442. The van der Waals surface area contributed by atoms with E-state index in [0.717, 1.165) is 26.0 Å². The van der Waals surface area contributed by atoms with Crippen LogP contribution in [-0.4, -0.2) is 12.6 Å². The van der Waals surface area contributed by atoms with Gasteiger partial charge in [0.1, 0.15) is 0 Å². The molecule has 0 radical (unpaired) electrons. The lowest BCUT2D eigenvalue weighted by Crippen LogP contribution is -2.35. The van der Waals surface area contributed by atoms with Crippen molar-refractivity contribution in [3.63, 3.8) is 0 Å². The van der Waals surface area contributed by atoms with Gasteiger partial charge in [-0.2, -0.15) is 0 Å². The molecule has 3 heteroatoms. The lowest BCUT2D eigenvalue weighted by molar-refractivity contribution is -0.0376. The Morgan fingerprint density at radius 2 is 1.93 bits per heavy atom. The van der Waals surface area contributed by atoms with Crippen LogP contribution in [0.5, 0.6) is 0 Å². The number of halogens is 1. The Morgan fingerprint density at radius 3 is 2.53 bits per heavy atom. The van der Waals surface area contributed by atoms with Crippen LogP contribution in [0.15, 0.2) is 24.3 Å². The third-order valence-corrected chi connectivity index (χ3v) is 3.64. The van der Waals surface area contributed by atoms with Gasteiger partial charge in [0.15, 0.2) is 0 Å². The number of benzene rings is 1. The zero-order valence-electron chi connectivity index (χ0n) is 8.66. The maximum absolute atomic E-state index is 5.78. The highest BCUT2D eigenvalue weighted by molar-refractivity contribution is 14.1. The van der Waals surface area contributed by atoms with Gasteiger partial charge >= 0.3 is 0 Å². The normalized spacial score (nSPS) is 24.9. The summed E-state index contributed by atoms with van der Waals surface area (Å²) in [4.78, 5) is 0. The van der Waals surface area contributed by atoms with E-state index in [1.54, 1.807) is 0 Å². The standard InChI is InChI=1S/C12H16INO/c13-11-3-1-9(2-4-11)8-15-12-5-10(6-12)7-14/h1-4,10,12H,5-8,14H2. The van der Waals surface area contributed by atoms with Crippen molar-refractivity contribution in [1.82, 2.24) is 0 Å². The molecular weight excluding hydrogens is 301 g/mol. The first-order valence-corrected chi connectivity index (χ1v) is 6.42. The number of nitrogens with two attached hydrogens (primary N) is 1. The fourth-order valence-corrected chi connectivity index (χ4v) is 2.16. The van der Waals surface area contributed by atoms with Crippen LogP contribution in [0.1, 0.15) is 18.4 Å². The molecule has 0 spiro atoms. The van der Waals surface area contributed by atoms with Crippen LogP contribution < -0.4 is 5.73 Å². The van der Waals surface area contributed by atoms with Gasteiger partial charge in [-0.15, -0.1) is 0 Å². The molecule has 1 saturated carbocycles. The van der Waals surface area contributed by atoms with Gasteiger partial charge in [-0.3, -0.25) is 0 Å². The molecule has 0 saturated heterocycles. The highest BCUT2D eigenvalue weighted by atomic mass is 127. The Morgan fingerprint density at radius 1 is 1.27 bits per heavy atom. The van der Waals surface area contributed by atoms with Crippen molar-refractivity contribution in [2.45, 2.75) is 25.6 Å². The van der Waals surface area contributed by atoms with Crippen molar-refractivity contribution in [2.75, 3.05) is 6.54 Å². The first-order chi connectivity index (χ1) is 7.28. The van der Waals surface area contributed by atoms with E-state index < -0.39 is 0 Å². The topological polar surface area (TPSA) is 35.2 Å². The molecule has 2 N–H and O–H groups in total. The van der Waals surface area contributed by atoms with Crippen molar-refractivity contribution in [2.24, 2.45) is 11.7 Å². The van der Waals surface area contributed by atoms with E-state index in [0.29, 0.717) is 12.0 Å². The van der Waals surface area contributed by atoms with Gasteiger partial charge in [-0.1, -0.05) is 12.1 Å². The zero-order valence-corrected chi connectivity index (χ0v) is 10.8. The molecule has 2 rings (SSSR count). The van der Waals surface area contributed by atoms with Crippen molar-refractivity contribution < 1.29 is 4.74 Å². The Bertz CT molecular complexity index is 306. The van der Waals surface area contributed by atoms with Gasteiger partial charge in [0, 0.05) is 3.57 Å². The van der Waals surface area contributed by atoms with Gasteiger partial charge in [-0.05, 0) is 65.6 Å². The lowest BCUT2D eigenvalue weighted by atomic mass is 9.82. The van der Waals surface area contributed by atoms with E-state index in [9.17, 15) is 0 Å². The lowest BCUT2D eigenvalue weighted by Gasteiger charge is -2.34. The van der Waals surface area contributed by atoms with Gasteiger partial charge in [0.05, 0.1) is 12.7 Å². The second-order valence-corrected chi connectivity index (χ2v) is 5.38. The number of rotatable bonds is 4. The molecule has 1 aromatic rings. The van der Waals surface area contributed by atoms with E-state index in [1.165, 1.54) is 9.13 Å². The minimum Gasteiger partial charge on any atom is -0.374 e. The van der Waals surface area contributed by atoms with Gasteiger partial charge < -0.3 is 10.5 Å². The number of hydrogen-bond acceptors (Lipinski definition) is 2. The fraction of sp³-hybridized carbons (Fsp3) is 0.500. The summed E-state index contributed by atoms with van der Waals surface area (Å²) in [6, 6.07) is 8.48. The van der Waals surface area contributed by atoms with Gasteiger partial charge in [-0.25, -0.2) is 0 Å². The largest absolute Gasteiger partial charge is 0.374 e. The van der Waals surface area contributed by atoms with E-state index in [-0.39, 0.29) is 0 Å². The molecule has 1 aliphatic rings. The maximum atomic E-state index is 5.78. The predicted octanol–water partition coefficient (Wildman–Crippen LogP) is 2.55. The van der Waals surface area contributed by atoms with Crippen molar-refractivity contribution in [3.8, 4) is 0 Å². The first-order valence-electron chi connectivity index (χ1n) is 5.34. The molecule has 1 fully saturated rings. The third kappa shape index (κ3) is 3.16. The Balaban J connectivity index is 1.72. The molecule has 0 aromatic heterocycles. The Labute approximate surface area is 104 Å². The SMILES string of the molecule is NCC1CC(OCc2ccc(I)cc2)C1. The molecule has 82 valence electrons. The summed E-state index contributed by atoms with van der Waals surface area (Å²) in [5.74, 6) is 0.701. The summed E-state index contributed by atoms with van der Waals surface area (Å²) in [6.45, 7) is 1.54. The monoisotopic (exact) mass is 317 g/mol. The fourth-order valence-electron chi connectivity index (χ4n) is 1.80. The Hall–Kier alpha value is -0.130. The second-order valence-electron chi connectivity index (χ2n) is 4.13. The molecule has 0 bridgehead atoms. The molecule has 0 atom stereocenters. The molecule has 1 aliphatic carbocycles. The Kier molecular flexibility index (Phi) is 3.99. The summed E-state index contributed by atoms with van der Waals surface area (Å²) in [6.07, 6.45) is 2.72. The van der Waals surface area contributed by atoms with Crippen LogP contribution in [0.2, 0.25) is 0 Å². The van der Waals surface area contributed by atoms with Crippen molar-refractivity contribution in [1.29, 1.82) is 0 Å². The predicted molar refractivity (Wildman–Crippen MR) is 69.5 cm³/mol. The molecule has 0 amide bonds. The molecule has 2 nitrogen and oxygen atoms in total. The number of hydrogen-bond donors (Lipinski definition) is 1. The van der Waals surface area contributed by atoms with Gasteiger partial charge in [0.2, 0.25) is 0 Å². The summed E-state index contributed by atoms with van der Waals surface area (Å²) in [5.41, 5.74) is 6.82. The van der Waals surface area contributed by atoms with Gasteiger partial charge in [0.25, 0.3) is 0 Å². The minimum atomic E-state index is 0.442. The summed E-state index contributed by atoms with van der Waals surface area (Å²) in [5, 5.41) is 0. The quantitative estimate of drug-likeness (QED) is 0.866. The van der Waals surface area contributed by atoms with Crippen LogP contribution in [-0.2, 0) is 11.3 Å². The molecule has 15 heavy (non-hydrogen) atoms. The van der Waals surface area contributed by atoms with Crippen molar-refractivity contribution >= 4 is 22.6 Å². The highest BCUT2D eigenvalue weighted by Gasteiger charge is 2.28. The highest BCUT2D eigenvalue weighted by Crippen LogP contribution is 2.29. The molecule has 0 aliphatic heterocycles. The van der Waals surface area contributed by atoms with Crippen LogP contribution in [0.4, 0.5) is 0 Å². The van der Waals surface area contributed by atoms with E-state index in [1.807, 2.05) is 0 Å². The number of ether oxygens (including phenoxy) is 1. The smallest absolute Gasteiger partial charge is 0.0720 e. The molecular formula is C12H16INO. The van der Waals surface area contributed by atoms with Crippen LogP contribution >= 0.6 is 22.6 Å². The van der Waals surface area contributed by atoms with E-state index in [4.69, 9.17) is 10.5 Å². The molecule has 0 unspecified atom stereocenters. The van der Waals surface area contributed by atoms with Crippen LogP contribution in [0.25, 0.3) is 0 Å². The van der Waals surface area contributed by atoms with Crippen LogP contribution in [0, 0.1) is 9.49 Å². The third-order valence-electron chi connectivity index (χ3n) is 2.92. The summed E-state index contributed by atoms with van der Waals surface area (Å²) in [7, 11) is 0. The average Bonchev–Trinajstić information content (AvgIpc) is 2.19. The molecule has 0 heterocycles. The second kappa shape index (κ2) is 5.27. The first kappa shape index (κ1) is 11.4.